The summed E-state index contributed by atoms with van der Waals surface area (Å²) in [4.78, 5) is 25.9. The summed E-state index contributed by atoms with van der Waals surface area (Å²) in [6, 6.07) is -0.725. The first-order valence-corrected chi connectivity index (χ1v) is 21.6. The van der Waals surface area contributed by atoms with E-state index in [-0.39, 0.29) is 24.9 Å². The zero-order valence-electron chi connectivity index (χ0n) is 34.6. The summed E-state index contributed by atoms with van der Waals surface area (Å²) in [5.41, 5.74) is 0. The number of amides is 1. The van der Waals surface area contributed by atoms with E-state index in [9.17, 15) is 19.8 Å². The zero-order chi connectivity index (χ0) is 39.6. The molecule has 0 radical (unpaired) electrons. The number of aliphatic hydroxyl groups is 2. The first kappa shape index (κ1) is 50.8. The van der Waals surface area contributed by atoms with E-state index in [0.29, 0.717) is 19.3 Å². The van der Waals surface area contributed by atoms with E-state index in [0.717, 1.165) is 83.5 Å². The van der Waals surface area contributed by atoms with E-state index in [4.69, 9.17) is 4.74 Å². The minimum absolute atomic E-state index is 0.0304. The number of rotatable bonds is 36. The van der Waals surface area contributed by atoms with E-state index in [1.165, 1.54) is 38.5 Å². The van der Waals surface area contributed by atoms with E-state index in [1.54, 1.807) is 0 Å². The summed E-state index contributed by atoms with van der Waals surface area (Å²) in [6.45, 7) is 6.13. The molecular weight excluding hydrogens is 671 g/mol. The van der Waals surface area contributed by atoms with Crippen molar-refractivity contribution in [2.75, 3.05) is 6.61 Å². The number of ether oxygens (including phenoxy) is 1. The highest BCUT2D eigenvalue weighted by molar-refractivity contribution is 5.77. The number of hydrogen-bond donors (Lipinski definition) is 3. The molecule has 0 bridgehead atoms. The average Bonchev–Trinajstić information content (AvgIpc) is 3.16. The number of allylic oxidation sites excluding steroid dienone is 16. The number of carbonyl (C=O) groups is 2. The Kier molecular flexibility index (Phi) is 38.5. The van der Waals surface area contributed by atoms with Crippen molar-refractivity contribution in [3.63, 3.8) is 0 Å². The second-order valence-electron chi connectivity index (χ2n) is 14.2. The molecule has 54 heavy (non-hydrogen) atoms. The number of carbonyl (C=O) groups excluding carboxylic acids is 2. The molecule has 3 unspecified atom stereocenters. The topological polar surface area (TPSA) is 95.9 Å². The number of hydrogen-bond acceptors (Lipinski definition) is 5. The molecule has 0 aliphatic carbocycles. The zero-order valence-corrected chi connectivity index (χ0v) is 34.6. The highest BCUT2D eigenvalue weighted by atomic mass is 16.5. The summed E-state index contributed by atoms with van der Waals surface area (Å²) < 4.78 is 5.85. The van der Waals surface area contributed by atoms with Crippen LogP contribution < -0.4 is 5.32 Å². The van der Waals surface area contributed by atoms with Crippen LogP contribution in [0.1, 0.15) is 168 Å². The van der Waals surface area contributed by atoms with Crippen molar-refractivity contribution >= 4 is 11.9 Å². The van der Waals surface area contributed by atoms with Crippen LogP contribution >= 0.6 is 0 Å². The van der Waals surface area contributed by atoms with Gasteiger partial charge in [-0.3, -0.25) is 9.59 Å². The average molecular weight is 750 g/mol. The van der Waals surface area contributed by atoms with E-state index < -0.39 is 18.2 Å². The van der Waals surface area contributed by atoms with Gasteiger partial charge in [-0.2, -0.15) is 0 Å². The van der Waals surface area contributed by atoms with Gasteiger partial charge in [0.2, 0.25) is 5.91 Å². The van der Waals surface area contributed by atoms with Crippen molar-refractivity contribution in [1.29, 1.82) is 0 Å². The Labute approximate surface area is 331 Å². The molecule has 0 aromatic heterocycles. The van der Waals surface area contributed by atoms with Crippen LogP contribution in [0.2, 0.25) is 0 Å². The maximum Gasteiger partial charge on any atom is 0.306 e. The largest absolute Gasteiger partial charge is 0.462 e. The molecule has 6 heteroatoms. The lowest BCUT2D eigenvalue weighted by molar-refractivity contribution is -0.151. The van der Waals surface area contributed by atoms with Gasteiger partial charge in [-0.25, -0.2) is 0 Å². The lowest BCUT2D eigenvalue weighted by atomic mass is 10.0. The van der Waals surface area contributed by atoms with Gasteiger partial charge in [0.25, 0.3) is 0 Å². The first-order chi connectivity index (χ1) is 26.5. The van der Waals surface area contributed by atoms with Crippen LogP contribution in [0.4, 0.5) is 0 Å². The van der Waals surface area contributed by atoms with Gasteiger partial charge in [0.1, 0.15) is 6.10 Å². The molecule has 306 valence electrons. The maximum absolute atomic E-state index is 13.1. The van der Waals surface area contributed by atoms with Gasteiger partial charge in [-0.15, -0.1) is 0 Å². The van der Waals surface area contributed by atoms with Crippen LogP contribution in [0.5, 0.6) is 0 Å². The Bertz CT molecular complexity index is 1110. The summed E-state index contributed by atoms with van der Waals surface area (Å²) in [5, 5.41) is 23.5. The Morgan fingerprint density at radius 1 is 0.556 bits per heavy atom. The Balaban J connectivity index is 4.76. The number of aliphatic hydroxyl groups excluding tert-OH is 2. The van der Waals surface area contributed by atoms with Gasteiger partial charge in [0.05, 0.1) is 25.2 Å². The van der Waals surface area contributed by atoms with Crippen LogP contribution in [-0.2, 0) is 14.3 Å². The van der Waals surface area contributed by atoms with Crippen molar-refractivity contribution in [2.24, 2.45) is 0 Å². The second-order valence-corrected chi connectivity index (χ2v) is 14.2. The fraction of sp³-hybridized carbons (Fsp3) is 0.625. The molecule has 0 aliphatic heterocycles. The van der Waals surface area contributed by atoms with Crippen LogP contribution in [-0.4, -0.2) is 46.9 Å². The SMILES string of the molecule is CC/C=C/C=C/C=C\C=C/C=C/CCCCCC(=O)OC(CCCCC\C=C/C=C/C=C/CC)CC(=O)NC(CO)C(O)CCCCCCCCCCC. The molecule has 0 aliphatic rings. The third-order valence-electron chi connectivity index (χ3n) is 9.10. The predicted octanol–water partition coefficient (Wildman–Crippen LogP) is 12.2. The first-order valence-electron chi connectivity index (χ1n) is 21.6. The van der Waals surface area contributed by atoms with Crippen LogP contribution in [0, 0.1) is 0 Å². The summed E-state index contributed by atoms with van der Waals surface area (Å²) >= 11 is 0. The molecule has 3 atom stereocenters. The van der Waals surface area contributed by atoms with Gasteiger partial charge < -0.3 is 20.3 Å². The Morgan fingerprint density at radius 3 is 1.52 bits per heavy atom. The molecular formula is C48H79NO5. The highest BCUT2D eigenvalue weighted by Crippen LogP contribution is 2.16. The minimum atomic E-state index is -0.807. The quantitative estimate of drug-likeness (QED) is 0.0337. The Hall–Kier alpha value is -3.22. The number of esters is 1. The van der Waals surface area contributed by atoms with Crippen molar-refractivity contribution in [3.8, 4) is 0 Å². The molecule has 0 spiro atoms. The Morgan fingerprint density at radius 2 is 1.00 bits per heavy atom. The third kappa shape index (κ3) is 35.8. The highest BCUT2D eigenvalue weighted by Gasteiger charge is 2.24. The lowest BCUT2D eigenvalue weighted by Gasteiger charge is -2.24. The fourth-order valence-corrected chi connectivity index (χ4v) is 5.86. The third-order valence-corrected chi connectivity index (χ3v) is 9.10. The van der Waals surface area contributed by atoms with Crippen molar-refractivity contribution < 1.29 is 24.5 Å². The van der Waals surface area contributed by atoms with Gasteiger partial charge in [-0.1, -0.05) is 189 Å². The van der Waals surface area contributed by atoms with Crippen molar-refractivity contribution in [1.82, 2.24) is 5.32 Å². The van der Waals surface area contributed by atoms with Gasteiger partial charge in [-0.05, 0) is 64.2 Å². The monoisotopic (exact) mass is 750 g/mol. The summed E-state index contributed by atoms with van der Waals surface area (Å²) in [5.74, 6) is -0.574. The maximum atomic E-state index is 13.1. The molecule has 0 saturated heterocycles. The summed E-state index contributed by atoms with van der Waals surface area (Å²) in [7, 11) is 0. The predicted molar refractivity (Wildman–Crippen MR) is 231 cm³/mol. The molecule has 1 amide bonds. The number of nitrogens with one attached hydrogen (secondary N) is 1. The van der Waals surface area contributed by atoms with Crippen LogP contribution in [0.3, 0.4) is 0 Å². The molecule has 0 saturated carbocycles. The molecule has 0 rings (SSSR count). The molecule has 0 aromatic rings. The van der Waals surface area contributed by atoms with Crippen LogP contribution in [0.15, 0.2) is 97.2 Å². The smallest absolute Gasteiger partial charge is 0.306 e. The lowest BCUT2D eigenvalue weighted by Crippen LogP contribution is -2.46. The van der Waals surface area contributed by atoms with Gasteiger partial charge >= 0.3 is 5.97 Å². The van der Waals surface area contributed by atoms with E-state index >= 15 is 0 Å². The second kappa shape index (κ2) is 41.0. The molecule has 0 fully saturated rings. The minimum Gasteiger partial charge on any atom is -0.462 e. The van der Waals surface area contributed by atoms with Crippen LogP contribution in [0.25, 0.3) is 0 Å². The van der Waals surface area contributed by atoms with E-state index in [2.05, 4.69) is 56.5 Å². The molecule has 6 nitrogen and oxygen atoms in total. The fourth-order valence-electron chi connectivity index (χ4n) is 5.86. The van der Waals surface area contributed by atoms with Gasteiger partial charge in [0.15, 0.2) is 0 Å². The standard InChI is InChI=1S/C48H79NO5/c1-4-7-10-13-16-19-21-22-23-24-26-29-32-35-38-41-48(53)54-44(39-36-33-30-28-25-20-17-14-11-8-5-2)42-47(52)49-45(43-50)46(51)40-37-34-31-27-18-15-12-9-6-3/h7-8,10-11,13-14,16-17,19-26,44-46,50-51H,4-6,9,12,15,18,27-43H2,1-3H3,(H,49,52)/b10-7+,11-8+,16-13+,17-14+,21-19-,23-22-,25-20-,26-24+. The molecule has 0 heterocycles. The van der Waals surface area contributed by atoms with Crippen molar-refractivity contribution in [2.45, 2.75) is 187 Å². The normalized spacial score (nSPS) is 14.4. The van der Waals surface area contributed by atoms with Gasteiger partial charge in [0, 0.05) is 6.42 Å². The van der Waals surface area contributed by atoms with Crippen molar-refractivity contribution in [3.05, 3.63) is 97.2 Å². The summed E-state index contributed by atoms with van der Waals surface area (Å²) in [6.07, 6.45) is 53.2. The molecule has 0 aromatic carbocycles. The molecule has 3 N–H and O–H groups in total. The van der Waals surface area contributed by atoms with E-state index in [1.807, 2.05) is 66.8 Å². The number of unbranched alkanes of at least 4 members (excludes halogenated alkanes) is 14.